The summed E-state index contributed by atoms with van der Waals surface area (Å²) < 4.78 is 0. The van der Waals surface area contributed by atoms with Crippen LogP contribution < -0.4 is 0 Å². The number of benzene rings is 4. The fourth-order valence-corrected chi connectivity index (χ4v) is 4.56. The van der Waals surface area contributed by atoms with Gasteiger partial charge in [-0.15, -0.1) is 0 Å². The van der Waals surface area contributed by atoms with Crippen molar-refractivity contribution in [2.24, 2.45) is 0 Å². The van der Waals surface area contributed by atoms with Gasteiger partial charge in [0.25, 0.3) is 0 Å². The Morgan fingerprint density at radius 1 is 0.483 bits per heavy atom. The van der Waals surface area contributed by atoms with Gasteiger partial charge in [-0.1, -0.05) is 131 Å². The van der Waals surface area contributed by atoms with Crippen molar-refractivity contribution < 1.29 is 0 Å². The fraction of sp³-hybridized carbons (Fsp3) is 0.172. The van der Waals surface area contributed by atoms with Crippen molar-refractivity contribution in [2.75, 3.05) is 0 Å². The topological polar surface area (TPSA) is 0 Å². The summed E-state index contributed by atoms with van der Waals surface area (Å²) in [6, 6.07) is 37.6. The number of fused-ring (bicyclic) bond motifs is 3. The molecule has 0 bridgehead atoms. The predicted molar refractivity (Wildman–Crippen MR) is 129 cm³/mol. The minimum absolute atomic E-state index is 0. The fourth-order valence-electron chi connectivity index (χ4n) is 4.56. The first-order valence-electron chi connectivity index (χ1n) is 9.14. The van der Waals surface area contributed by atoms with Crippen molar-refractivity contribution in [3.8, 4) is 11.1 Å². The van der Waals surface area contributed by atoms with E-state index < -0.39 is 0 Å². The van der Waals surface area contributed by atoms with E-state index in [4.69, 9.17) is 0 Å². The van der Waals surface area contributed by atoms with E-state index in [1.54, 1.807) is 0 Å². The van der Waals surface area contributed by atoms with Crippen LogP contribution in [0.15, 0.2) is 103 Å². The molecule has 0 radical (unpaired) electrons. The van der Waals surface area contributed by atoms with Gasteiger partial charge in [-0.2, -0.15) is 0 Å². The molecule has 0 heteroatoms. The molecule has 1 aliphatic carbocycles. The Morgan fingerprint density at radius 3 is 1.55 bits per heavy atom. The first-order valence-corrected chi connectivity index (χ1v) is 9.14. The Kier molecular flexibility index (Phi) is 6.49. The minimum atomic E-state index is -0.263. The average molecular weight is 381 g/mol. The standard InChI is InChI=1S/C26H20.3CH4/c1-19-16-17-23-22-14-8-9-15-24(22)26(25(23)18-19,20-10-4-2-5-11-20)21-12-6-3-7-13-21;;;/h2-18H,1H3;3*1H4. The van der Waals surface area contributed by atoms with E-state index in [0.717, 1.165) is 0 Å². The smallest absolute Gasteiger partial charge is 0.0713 e. The molecule has 0 nitrogen and oxygen atoms in total. The van der Waals surface area contributed by atoms with Crippen molar-refractivity contribution in [1.82, 2.24) is 0 Å². The summed E-state index contributed by atoms with van der Waals surface area (Å²) >= 11 is 0. The zero-order valence-corrected chi connectivity index (χ0v) is 14.8. The average Bonchev–Trinajstić information content (AvgIpc) is 3.00. The molecule has 1 aliphatic rings. The van der Waals surface area contributed by atoms with Gasteiger partial charge in [0.2, 0.25) is 0 Å². The predicted octanol–water partition coefficient (Wildman–Crippen LogP) is 8.27. The van der Waals surface area contributed by atoms with Gasteiger partial charge in [0.15, 0.2) is 0 Å². The van der Waals surface area contributed by atoms with Gasteiger partial charge in [-0.25, -0.2) is 0 Å². The zero-order chi connectivity index (χ0) is 17.6. The number of rotatable bonds is 2. The lowest BCUT2D eigenvalue weighted by molar-refractivity contribution is 0.767. The molecule has 0 aliphatic heterocycles. The van der Waals surface area contributed by atoms with Crippen molar-refractivity contribution in [3.05, 3.63) is 131 Å². The third-order valence-electron chi connectivity index (χ3n) is 5.61. The van der Waals surface area contributed by atoms with Gasteiger partial charge in [0.05, 0.1) is 5.41 Å². The lowest BCUT2D eigenvalue weighted by Crippen LogP contribution is -2.28. The molecule has 0 saturated heterocycles. The molecule has 0 unspecified atom stereocenters. The number of hydrogen-bond acceptors (Lipinski definition) is 0. The second kappa shape index (κ2) is 8.49. The molecule has 4 aromatic carbocycles. The number of aryl methyl sites for hydroxylation is 1. The van der Waals surface area contributed by atoms with Crippen LogP contribution in [0.4, 0.5) is 0 Å². The minimum Gasteiger partial charge on any atom is -0.0776 e. The second-order valence-corrected chi connectivity index (χ2v) is 7.08. The highest BCUT2D eigenvalue weighted by Gasteiger charge is 2.45. The third kappa shape index (κ3) is 3.09. The molecule has 0 saturated carbocycles. The Hall–Kier alpha value is -3.12. The molecular weight excluding hydrogens is 348 g/mol. The van der Waals surface area contributed by atoms with Crippen LogP contribution in [0.1, 0.15) is 50.1 Å². The Balaban J connectivity index is 0.000001000. The molecule has 29 heavy (non-hydrogen) atoms. The second-order valence-electron chi connectivity index (χ2n) is 7.08. The SMILES string of the molecule is C.C.C.Cc1ccc2c(c1)C(c1ccccc1)(c1ccccc1)c1ccccc1-2. The normalized spacial score (nSPS) is 12.4. The Bertz CT molecular complexity index is 1040. The first-order chi connectivity index (χ1) is 12.8. The van der Waals surface area contributed by atoms with Crippen LogP contribution >= 0.6 is 0 Å². The van der Waals surface area contributed by atoms with Gasteiger partial charge >= 0.3 is 0 Å². The van der Waals surface area contributed by atoms with Crippen LogP contribution in [0.2, 0.25) is 0 Å². The van der Waals surface area contributed by atoms with Crippen molar-refractivity contribution in [2.45, 2.75) is 34.6 Å². The summed E-state index contributed by atoms with van der Waals surface area (Å²) in [5.74, 6) is 0. The van der Waals surface area contributed by atoms with Crippen molar-refractivity contribution in [3.63, 3.8) is 0 Å². The molecule has 4 aromatic rings. The van der Waals surface area contributed by atoms with E-state index in [1.165, 1.54) is 38.9 Å². The van der Waals surface area contributed by atoms with Crippen LogP contribution in [0.25, 0.3) is 11.1 Å². The summed E-state index contributed by atoms with van der Waals surface area (Å²) in [6.45, 7) is 2.18. The summed E-state index contributed by atoms with van der Waals surface area (Å²) in [6.07, 6.45) is 0. The van der Waals surface area contributed by atoms with Crippen LogP contribution in [0.3, 0.4) is 0 Å². The van der Waals surface area contributed by atoms with E-state index in [9.17, 15) is 0 Å². The van der Waals surface area contributed by atoms with E-state index in [2.05, 4.69) is 110 Å². The number of hydrogen-bond donors (Lipinski definition) is 0. The quantitative estimate of drug-likeness (QED) is 0.289. The first kappa shape index (κ1) is 22.2. The van der Waals surface area contributed by atoms with Gasteiger partial charge in [0.1, 0.15) is 0 Å². The van der Waals surface area contributed by atoms with Crippen molar-refractivity contribution in [1.29, 1.82) is 0 Å². The maximum atomic E-state index is 2.37. The summed E-state index contributed by atoms with van der Waals surface area (Å²) in [7, 11) is 0. The highest BCUT2D eigenvalue weighted by molar-refractivity contribution is 5.86. The highest BCUT2D eigenvalue weighted by atomic mass is 14.5. The van der Waals surface area contributed by atoms with E-state index >= 15 is 0 Å². The van der Waals surface area contributed by atoms with Gasteiger partial charge in [-0.05, 0) is 40.3 Å². The van der Waals surface area contributed by atoms with Gasteiger partial charge in [0, 0.05) is 0 Å². The summed E-state index contributed by atoms with van der Waals surface area (Å²) in [5, 5.41) is 0. The molecule has 0 N–H and O–H groups in total. The van der Waals surface area contributed by atoms with E-state index in [-0.39, 0.29) is 27.7 Å². The molecule has 0 fully saturated rings. The van der Waals surface area contributed by atoms with Crippen LogP contribution in [0.5, 0.6) is 0 Å². The summed E-state index contributed by atoms with van der Waals surface area (Å²) in [4.78, 5) is 0. The molecular formula is C29H32. The molecule has 0 spiro atoms. The maximum Gasteiger partial charge on any atom is 0.0713 e. The lowest BCUT2D eigenvalue weighted by atomic mass is 9.67. The van der Waals surface area contributed by atoms with Crippen LogP contribution in [0, 0.1) is 6.92 Å². The van der Waals surface area contributed by atoms with Gasteiger partial charge in [-0.3, -0.25) is 0 Å². The molecule has 0 heterocycles. The largest absolute Gasteiger partial charge is 0.0776 e. The highest BCUT2D eigenvalue weighted by Crippen LogP contribution is 2.55. The third-order valence-corrected chi connectivity index (χ3v) is 5.61. The molecule has 5 rings (SSSR count). The molecule has 0 aromatic heterocycles. The Morgan fingerprint density at radius 2 is 0.966 bits per heavy atom. The zero-order valence-electron chi connectivity index (χ0n) is 14.8. The van der Waals surface area contributed by atoms with E-state index in [0.29, 0.717) is 0 Å². The van der Waals surface area contributed by atoms with Crippen molar-refractivity contribution >= 4 is 0 Å². The molecule has 0 amide bonds. The maximum absolute atomic E-state index is 2.37. The Labute approximate surface area is 176 Å². The van der Waals surface area contributed by atoms with Gasteiger partial charge < -0.3 is 0 Å². The lowest BCUT2D eigenvalue weighted by Gasteiger charge is -2.34. The monoisotopic (exact) mass is 380 g/mol. The molecule has 0 atom stereocenters. The van der Waals surface area contributed by atoms with Crippen LogP contribution in [-0.4, -0.2) is 0 Å². The van der Waals surface area contributed by atoms with E-state index in [1.807, 2.05) is 0 Å². The molecule has 148 valence electrons. The van der Waals surface area contributed by atoms with Crippen LogP contribution in [-0.2, 0) is 5.41 Å². The summed E-state index contributed by atoms with van der Waals surface area (Å²) in [5.41, 5.74) is 9.13.